The normalized spacial score (nSPS) is 11.6. The van der Waals surface area contributed by atoms with Crippen molar-refractivity contribution >= 4 is 53.2 Å². The van der Waals surface area contributed by atoms with Gasteiger partial charge in [0.05, 0.1) is 23.6 Å². The molecule has 8 heteroatoms. The second kappa shape index (κ2) is 7.24. The molecule has 96 valence electrons. The predicted octanol–water partition coefficient (Wildman–Crippen LogP) is 3.03. The van der Waals surface area contributed by atoms with Gasteiger partial charge in [-0.25, -0.2) is 4.98 Å². The van der Waals surface area contributed by atoms with Crippen molar-refractivity contribution in [3.8, 4) is 0 Å². The van der Waals surface area contributed by atoms with Gasteiger partial charge in [0.2, 0.25) is 0 Å². The molecule has 0 saturated carbocycles. The van der Waals surface area contributed by atoms with Gasteiger partial charge < -0.3 is 10.5 Å². The van der Waals surface area contributed by atoms with Crippen LogP contribution in [0.2, 0.25) is 15.2 Å². The maximum Gasteiger partial charge on any atom is 0.307 e. The van der Waals surface area contributed by atoms with Gasteiger partial charge >= 0.3 is 5.97 Å². The number of methoxy groups -OCH3 is 1. The molecule has 0 radical (unpaired) electrons. The zero-order valence-corrected chi connectivity index (χ0v) is 11.8. The van der Waals surface area contributed by atoms with Crippen LogP contribution in [0.3, 0.4) is 0 Å². The van der Waals surface area contributed by atoms with Crippen molar-refractivity contribution in [2.45, 2.75) is 12.5 Å². The molecule has 1 atom stereocenters. The molecule has 0 unspecified atom stereocenters. The van der Waals surface area contributed by atoms with Crippen molar-refractivity contribution in [2.75, 3.05) is 7.11 Å². The summed E-state index contributed by atoms with van der Waals surface area (Å²) in [7, 11) is 1.28. The fraction of sp³-hybridized carbons (Fsp3) is 0.333. The van der Waals surface area contributed by atoms with Crippen LogP contribution in [-0.4, -0.2) is 18.1 Å². The molecule has 4 nitrogen and oxygen atoms in total. The molecule has 0 amide bonds. The Labute approximate surface area is 120 Å². The van der Waals surface area contributed by atoms with Gasteiger partial charge in [-0.3, -0.25) is 4.79 Å². The standard InChI is InChI=1S/C9H9Cl3N2O2.ClH/c1-16-6(15)2-5(13)7-4(10)3-14-9(12)8(7)11;/h3,5H,2,13H2,1H3;1H/t5-;/m0./s1. The molecule has 0 aliphatic rings. The molecule has 0 aliphatic heterocycles. The summed E-state index contributed by atoms with van der Waals surface area (Å²) in [5.41, 5.74) is 6.18. The van der Waals surface area contributed by atoms with Gasteiger partial charge in [-0.1, -0.05) is 34.8 Å². The smallest absolute Gasteiger partial charge is 0.307 e. The number of halogens is 4. The van der Waals surface area contributed by atoms with Crippen molar-refractivity contribution < 1.29 is 9.53 Å². The lowest BCUT2D eigenvalue weighted by Gasteiger charge is -2.14. The van der Waals surface area contributed by atoms with Crippen molar-refractivity contribution in [2.24, 2.45) is 5.73 Å². The highest BCUT2D eigenvalue weighted by molar-refractivity contribution is 6.43. The first-order valence-electron chi connectivity index (χ1n) is 4.29. The molecule has 0 saturated heterocycles. The van der Waals surface area contributed by atoms with Crippen LogP contribution in [0.25, 0.3) is 0 Å². The van der Waals surface area contributed by atoms with Crippen LogP contribution in [0.1, 0.15) is 18.0 Å². The lowest BCUT2D eigenvalue weighted by atomic mass is 10.1. The molecular weight excluding hydrogens is 310 g/mol. The molecule has 1 aromatic heterocycles. The van der Waals surface area contributed by atoms with Crippen molar-refractivity contribution in [3.63, 3.8) is 0 Å². The molecule has 0 spiro atoms. The van der Waals surface area contributed by atoms with E-state index in [1.807, 2.05) is 0 Å². The number of aromatic nitrogens is 1. The maximum absolute atomic E-state index is 11.1. The number of carbonyl (C=O) groups is 1. The molecule has 2 N–H and O–H groups in total. The lowest BCUT2D eigenvalue weighted by molar-refractivity contribution is -0.141. The number of hydrogen-bond donors (Lipinski definition) is 1. The largest absolute Gasteiger partial charge is 0.469 e. The van der Waals surface area contributed by atoms with Crippen LogP contribution in [-0.2, 0) is 9.53 Å². The number of esters is 1. The SMILES string of the molecule is COC(=O)C[C@H](N)c1c(Cl)cnc(Cl)c1Cl.Cl. The van der Waals surface area contributed by atoms with E-state index in [0.717, 1.165) is 0 Å². The Morgan fingerprint density at radius 3 is 2.65 bits per heavy atom. The second-order valence-electron chi connectivity index (χ2n) is 3.01. The Bertz CT molecular complexity index is 414. The fourth-order valence-corrected chi connectivity index (χ4v) is 1.93. The topological polar surface area (TPSA) is 65.2 Å². The summed E-state index contributed by atoms with van der Waals surface area (Å²) in [6, 6.07) is -0.673. The summed E-state index contributed by atoms with van der Waals surface area (Å²) in [5.74, 6) is -0.451. The zero-order valence-electron chi connectivity index (χ0n) is 8.75. The lowest BCUT2D eigenvalue weighted by Crippen LogP contribution is -2.17. The van der Waals surface area contributed by atoms with E-state index in [9.17, 15) is 4.79 Å². The maximum atomic E-state index is 11.1. The Morgan fingerprint density at radius 2 is 2.12 bits per heavy atom. The summed E-state index contributed by atoms with van der Waals surface area (Å²) >= 11 is 17.5. The van der Waals surface area contributed by atoms with Crippen molar-refractivity contribution in [3.05, 3.63) is 27.0 Å². The first-order valence-corrected chi connectivity index (χ1v) is 5.42. The van der Waals surface area contributed by atoms with Crippen molar-refractivity contribution in [1.29, 1.82) is 0 Å². The molecule has 1 rings (SSSR count). The van der Waals surface area contributed by atoms with Gasteiger partial charge in [0, 0.05) is 17.8 Å². The minimum absolute atomic E-state index is 0. The third kappa shape index (κ3) is 4.16. The van der Waals surface area contributed by atoms with E-state index in [4.69, 9.17) is 40.5 Å². The Hall–Kier alpha value is -0.260. The fourth-order valence-electron chi connectivity index (χ4n) is 1.16. The van der Waals surface area contributed by atoms with Crippen LogP contribution in [0.4, 0.5) is 0 Å². The van der Waals surface area contributed by atoms with Gasteiger partial charge in [0.15, 0.2) is 0 Å². The van der Waals surface area contributed by atoms with Gasteiger partial charge in [0.25, 0.3) is 0 Å². The summed E-state index contributed by atoms with van der Waals surface area (Å²) < 4.78 is 4.50. The summed E-state index contributed by atoms with van der Waals surface area (Å²) in [6.07, 6.45) is 1.30. The quantitative estimate of drug-likeness (QED) is 0.687. The van der Waals surface area contributed by atoms with Crippen LogP contribution < -0.4 is 5.73 Å². The van der Waals surface area contributed by atoms with Crippen LogP contribution in [0, 0.1) is 0 Å². The van der Waals surface area contributed by atoms with Crippen LogP contribution >= 0.6 is 47.2 Å². The minimum atomic E-state index is -0.673. The van der Waals surface area contributed by atoms with E-state index in [-0.39, 0.29) is 34.0 Å². The minimum Gasteiger partial charge on any atom is -0.469 e. The van der Waals surface area contributed by atoms with Crippen LogP contribution in [0.15, 0.2) is 6.20 Å². The average molecular weight is 320 g/mol. The number of ether oxygens (including phenoxy) is 1. The molecule has 0 aromatic carbocycles. The van der Waals surface area contributed by atoms with E-state index in [1.54, 1.807) is 0 Å². The Morgan fingerprint density at radius 1 is 1.53 bits per heavy atom. The number of carbonyl (C=O) groups excluding carboxylic acids is 1. The number of nitrogens with two attached hydrogens (primary N) is 1. The zero-order chi connectivity index (χ0) is 12.3. The highest BCUT2D eigenvalue weighted by Gasteiger charge is 2.20. The third-order valence-corrected chi connectivity index (χ3v) is 3.02. The first kappa shape index (κ1) is 16.7. The molecule has 0 fully saturated rings. The van der Waals surface area contributed by atoms with Gasteiger partial charge in [-0.05, 0) is 0 Å². The highest BCUT2D eigenvalue weighted by atomic mass is 35.5. The Balaban J connectivity index is 0.00000256. The third-order valence-electron chi connectivity index (χ3n) is 1.95. The van der Waals surface area contributed by atoms with Crippen LogP contribution in [0.5, 0.6) is 0 Å². The van der Waals surface area contributed by atoms with E-state index in [0.29, 0.717) is 5.56 Å². The summed E-state index contributed by atoms with van der Waals surface area (Å²) in [4.78, 5) is 14.8. The number of pyridine rings is 1. The number of hydrogen-bond acceptors (Lipinski definition) is 4. The molecular formula is C9H10Cl4N2O2. The second-order valence-corrected chi connectivity index (χ2v) is 4.15. The monoisotopic (exact) mass is 318 g/mol. The summed E-state index contributed by atoms with van der Waals surface area (Å²) in [6.45, 7) is 0. The van der Waals surface area contributed by atoms with E-state index < -0.39 is 12.0 Å². The van der Waals surface area contributed by atoms with E-state index >= 15 is 0 Å². The van der Waals surface area contributed by atoms with E-state index in [1.165, 1.54) is 13.3 Å². The molecule has 17 heavy (non-hydrogen) atoms. The first-order chi connectivity index (χ1) is 7.47. The number of nitrogens with zero attached hydrogens (tertiary/aromatic N) is 1. The average Bonchev–Trinajstić information content (AvgIpc) is 2.24. The van der Waals surface area contributed by atoms with Crippen molar-refractivity contribution in [1.82, 2.24) is 4.98 Å². The molecule has 1 heterocycles. The predicted molar refractivity (Wildman–Crippen MR) is 70.1 cm³/mol. The van der Waals surface area contributed by atoms with Gasteiger partial charge in [0.1, 0.15) is 5.15 Å². The number of rotatable bonds is 3. The van der Waals surface area contributed by atoms with Gasteiger partial charge in [-0.15, -0.1) is 12.4 Å². The molecule has 0 aliphatic carbocycles. The summed E-state index contributed by atoms with van der Waals surface area (Å²) in [5, 5.41) is 0.526. The van der Waals surface area contributed by atoms with E-state index in [2.05, 4.69) is 9.72 Å². The Kier molecular flexibility index (Phi) is 7.13. The molecule has 0 bridgehead atoms. The highest BCUT2D eigenvalue weighted by Crippen LogP contribution is 2.34. The van der Waals surface area contributed by atoms with Gasteiger partial charge in [-0.2, -0.15) is 0 Å². The molecule has 1 aromatic rings.